The third-order valence-electron chi connectivity index (χ3n) is 8.69. The van der Waals surface area contributed by atoms with Gasteiger partial charge in [-0.15, -0.1) is 0 Å². The lowest BCUT2D eigenvalue weighted by Crippen LogP contribution is -2.48. The number of aliphatic hydroxyl groups is 1. The van der Waals surface area contributed by atoms with E-state index in [0.29, 0.717) is 30.1 Å². The second-order valence-electron chi connectivity index (χ2n) is 12.3. The maximum absolute atomic E-state index is 14.3. The molecule has 1 saturated heterocycles. The van der Waals surface area contributed by atoms with Crippen LogP contribution < -0.4 is 0 Å². The topological polar surface area (TPSA) is 56.1 Å². The van der Waals surface area contributed by atoms with Gasteiger partial charge in [0, 0.05) is 12.5 Å². The van der Waals surface area contributed by atoms with Crippen LogP contribution >= 0.6 is 0 Å². The van der Waals surface area contributed by atoms with Crippen LogP contribution in [0.1, 0.15) is 60.4 Å². The predicted molar refractivity (Wildman–Crippen MR) is 158 cm³/mol. The van der Waals surface area contributed by atoms with E-state index in [0.717, 1.165) is 12.1 Å². The van der Waals surface area contributed by atoms with Gasteiger partial charge in [0.15, 0.2) is 5.54 Å². The molecule has 0 aromatic heterocycles. The van der Waals surface area contributed by atoms with Crippen molar-refractivity contribution in [2.75, 3.05) is 26.2 Å². The minimum atomic E-state index is -4.93. The zero-order chi connectivity index (χ0) is 34.3. The van der Waals surface area contributed by atoms with Gasteiger partial charge in [-0.2, -0.15) is 26.3 Å². The summed E-state index contributed by atoms with van der Waals surface area (Å²) in [5.74, 6) is -2.01. The van der Waals surface area contributed by atoms with Crippen LogP contribution in [0.2, 0.25) is 0 Å². The number of benzene rings is 3. The normalized spacial score (nSPS) is 18.6. The Bertz CT molecular complexity index is 1530. The summed E-state index contributed by atoms with van der Waals surface area (Å²) in [6.45, 7) is 4.15. The molecule has 0 radical (unpaired) electrons. The molecule has 1 N–H and O–H groups in total. The van der Waals surface area contributed by atoms with Crippen LogP contribution in [-0.4, -0.2) is 58.9 Å². The van der Waals surface area contributed by atoms with Crippen LogP contribution in [0.4, 0.5) is 35.1 Å². The highest BCUT2D eigenvalue weighted by molar-refractivity contribution is 6.11. The number of β-amino-alcohol motifs (C(OH)–C–C–N with tert-alkyl or cyclic N) is 1. The lowest BCUT2D eigenvalue weighted by molar-refractivity contribution is -0.143. The number of likely N-dealkylation sites (tertiary alicyclic amines) is 1. The first-order valence-corrected chi connectivity index (χ1v) is 15.1. The molecule has 252 valence electrons. The van der Waals surface area contributed by atoms with E-state index >= 15 is 0 Å². The summed E-state index contributed by atoms with van der Waals surface area (Å²) in [6, 6.07) is 12.2. The average molecular weight is 668 g/mol. The van der Waals surface area contributed by atoms with E-state index in [9.17, 15) is 45.0 Å². The van der Waals surface area contributed by atoms with E-state index in [-0.39, 0.29) is 43.5 Å². The molecule has 47 heavy (non-hydrogen) atoms. The first-order valence-electron chi connectivity index (χ1n) is 15.1. The lowest BCUT2D eigenvalue weighted by atomic mass is 9.82. The Balaban J connectivity index is 1.32. The quantitative estimate of drug-likeness (QED) is 0.255. The van der Waals surface area contributed by atoms with Crippen molar-refractivity contribution in [1.29, 1.82) is 0 Å². The molecule has 2 heterocycles. The number of hydrogen-bond donors (Lipinski definition) is 1. The largest absolute Gasteiger partial charge is 0.416 e. The number of halogens is 8. The van der Waals surface area contributed by atoms with Gasteiger partial charge in [-0.1, -0.05) is 38.1 Å². The minimum Gasteiger partial charge on any atom is -0.390 e. The summed E-state index contributed by atoms with van der Waals surface area (Å²) in [5, 5.41) is 11.2. The highest BCUT2D eigenvalue weighted by Gasteiger charge is 2.52. The van der Waals surface area contributed by atoms with Crippen molar-refractivity contribution in [2.45, 2.75) is 56.6 Å². The molecule has 0 spiro atoms. The summed E-state index contributed by atoms with van der Waals surface area (Å²) in [4.78, 5) is 22.3. The van der Waals surface area contributed by atoms with Gasteiger partial charge in [0.1, 0.15) is 17.5 Å². The molecule has 1 unspecified atom stereocenters. The van der Waals surface area contributed by atoms with Crippen molar-refractivity contribution >= 4 is 11.7 Å². The molecule has 13 heteroatoms. The smallest absolute Gasteiger partial charge is 0.390 e. The first-order chi connectivity index (χ1) is 22.0. The van der Waals surface area contributed by atoms with E-state index < -0.39 is 58.6 Å². The van der Waals surface area contributed by atoms with E-state index in [2.05, 4.69) is 0 Å². The van der Waals surface area contributed by atoms with Crippen LogP contribution in [0.3, 0.4) is 0 Å². The van der Waals surface area contributed by atoms with Gasteiger partial charge in [0.2, 0.25) is 0 Å². The van der Waals surface area contributed by atoms with Crippen molar-refractivity contribution in [1.82, 2.24) is 9.80 Å². The van der Waals surface area contributed by atoms with Gasteiger partial charge in [0.05, 0.1) is 23.8 Å². The third kappa shape index (κ3) is 7.20. The van der Waals surface area contributed by atoms with Crippen molar-refractivity contribution in [3.63, 3.8) is 0 Å². The number of aliphatic hydroxyl groups excluding tert-OH is 1. The highest BCUT2D eigenvalue weighted by atomic mass is 19.4. The molecule has 1 amide bonds. The number of amides is 1. The highest BCUT2D eigenvalue weighted by Crippen LogP contribution is 2.42. The van der Waals surface area contributed by atoms with Crippen molar-refractivity contribution in [2.24, 2.45) is 10.9 Å². The van der Waals surface area contributed by atoms with Crippen molar-refractivity contribution < 1.29 is 45.0 Å². The number of alkyl halides is 6. The van der Waals surface area contributed by atoms with Gasteiger partial charge in [-0.3, -0.25) is 9.69 Å². The van der Waals surface area contributed by atoms with Gasteiger partial charge in [0.25, 0.3) is 5.91 Å². The maximum Gasteiger partial charge on any atom is 0.416 e. The first kappa shape index (κ1) is 34.5. The van der Waals surface area contributed by atoms with Crippen LogP contribution in [0.25, 0.3) is 0 Å². The summed E-state index contributed by atoms with van der Waals surface area (Å²) in [5.41, 5.74) is -3.68. The van der Waals surface area contributed by atoms with Gasteiger partial charge in [-0.25, -0.2) is 13.8 Å². The molecule has 2 aliphatic rings. The number of piperidine rings is 1. The Morgan fingerprint density at radius 1 is 0.809 bits per heavy atom. The molecule has 1 fully saturated rings. The number of carbonyl (C=O) groups excluding carboxylic acids is 1. The van der Waals surface area contributed by atoms with E-state index in [4.69, 9.17) is 4.99 Å². The molecule has 5 rings (SSSR count). The Hall–Kier alpha value is -3.84. The Morgan fingerprint density at radius 3 is 1.70 bits per heavy atom. The molecular formula is C34H33F8N3O2. The monoisotopic (exact) mass is 667 g/mol. The summed E-state index contributed by atoms with van der Waals surface area (Å²) >= 11 is 0. The third-order valence-corrected chi connectivity index (χ3v) is 8.69. The molecule has 3 aromatic rings. The molecular weight excluding hydrogens is 634 g/mol. The maximum atomic E-state index is 14.3. The predicted octanol–water partition coefficient (Wildman–Crippen LogP) is 7.38. The Kier molecular flexibility index (Phi) is 9.53. The fourth-order valence-corrected chi connectivity index (χ4v) is 6.35. The van der Waals surface area contributed by atoms with E-state index in [1.54, 1.807) is 0 Å². The van der Waals surface area contributed by atoms with E-state index in [1.165, 1.54) is 53.4 Å². The van der Waals surface area contributed by atoms with Gasteiger partial charge < -0.3 is 10.0 Å². The Morgan fingerprint density at radius 2 is 1.28 bits per heavy atom. The van der Waals surface area contributed by atoms with Crippen LogP contribution in [0, 0.1) is 17.6 Å². The second-order valence-corrected chi connectivity index (χ2v) is 12.3. The molecule has 5 nitrogen and oxygen atoms in total. The van der Waals surface area contributed by atoms with Crippen LogP contribution in [0.5, 0.6) is 0 Å². The molecule has 0 saturated carbocycles. The van der Waals surface area contributed by atoms with Crippen LogP contribution in [0.15, 0.2) is 71.7 Å². The summed E-state index contributed by atoms with van der Waals surface area (Å²) in [7, 11) is 0. The minimum absolute atomic E-state index is 0.0364. The Labute approximate surface area is 266 Å². The van der Waals surface area contributed by atoms with Gasteiger partial charge >= 0.3 is 12.4 Å². The molecule has 0 aliphatic carbocycles. The fraction of sp³-hybridized carbons (Fsp3) is 0.412. The number of amidine groups is 1. The van der Waals surface area contributed by atoms with Gasteiger partial charge in [-0.05, 0) is 91.0 Å². The summed E-state index contributed by atoms with van der Waals surface area (Å²) < 4.78 is 108. The summed E-state index contributed by atoms with van der Waals surface area (Å²) in [6.07, 6.45) is -10.4. The number of rotatable bonds is 8. The second kappa shape index (κ2) is 13.0. The fourth-order valence-electron chi connectivity index (χ4n) is 6.35. The average Bonchev–Trinajstić information content (AvgIpc) is 3.29. The SMILES string of the molecule is CC(C)C1=NC(c2ccc(F)cc2)(c2ccc(F)cc2)C(=O)N1CC(O)CN1CCC(c2cc(C(F)(F)F)cc(C(F)(F)F)c2)CC1. The number of carbonyl (C=O) groups is 1. The van der Waals surface area contributed by atoms with Crippen molar-refractivity contribution in [3.8, 4) is 0 Å². The number of aliphatic imine (C=N–C) groups is 1. The standard InChI is InChI=1S/C34H33F8N3O2/c1-20(2)30-43-32(23-3-7-27(35)8-4-23,24-5-9-28(36)10-6-24)31(47)45(30)19-29(46)18-44-13-11-21(12-14-44)22-15-25(33(37,38)39)17-26(16-22)34(40,41)42/h3-10,15-17,20-21,29,46H,11-14,18-19H2,1-2H3. The zero-order valence-electron chi connectivity index (χ0n) is 25.5. The zero-order valence-corrected chi connectivity index (χ0v) is 25.5. The van der Waals surface area contributed by atoms with Crippen molar-refractivity contribution in [3.05, 3.63) is 106 Å². The number of hydrogen-bond acceptors (Lipinski definition) is 4. The number of nitrogens with zero attached hydrogens (tertiary/aromatic N) is 3. The molecule has 2 aliphatic heterocycles. The molecule has 0 bridgehead atoms. The lowest BCUT2D eigenvalue weighted by Gasteiger charge is -2.35. The van der Waals surface area contributed by atoms with E-state index in [1.807, 2.05) is 18.7 Å². The van der Waals surface area contributed by atoms with Crippen LogP contribution in [-0.2, 0) is 22.7 Å². The molecule has 1 atom stereocenters. The molecule has 3 aromatic carbocycles.